The fourth-order valence-corrected chi connectivity index (χ4v) is 4.15. The summed E-state index contributed by atoms with van der Waals surface area (Å²) >= 11 is 2.84. The second-order valence-corrected chi connectivity index (χ2v) is 8.80. The summed E-state index contributed by atoms with van der Waals surface area (Å²) in [6, 6.07) is 6.00. The molecule has 0 radical (unpaired) electrons. The third kappa shape index (κ3) is 4.05. The molecule has 0 saturated carbocycles. The number of nitrogens with zero attached hydrogens (tertiary/aromatic N) is 4. The summed E-state index contributed by atoms with van der Waals surface area (Å²) in [5.74, 6) is 1.36. The van der Waals surface area contributed by atoms with Crippen LogP contribution in [0.25, 0.3) is 4.96 Å². The van der Waals surface area contributed by atoms with Gasteiger partial charge in [-0.2, -0.15) is 4.52 Å². The number of amides is 1. The minimum absolute atomic E-state index is 0.0257. The smallest absolute Gasteiger partial charge is 0.235 e. The summed E-state index contributed by atoms with van der Waals surface area (Å²) in [6.45, 7) is 8.21. The third-order valence-electron chi connectivity index (χ3n) is 4.12. The van der Waals surface area contributed by atoms with Gasteiger partial charge in [0.1, 0.15) is 6.04 Å². The number of benzene rings is 1. The Hall–Kier alpha value is -1.97. The molecule has 0 aliphatic rings. The van der Waals surface area contributed by atoms with E-state index in [0.717, 1.165) is 26.4 Å². The molecule has 0 unspecified atom stereocenters. The average Bonchev–Trinajstić information content (AvgIpc) is 3.15. The fourth-order valence-electron chi connectivity index (χ4n) is 2.47. The second kappa shape index (κ2) is 7.73. The van der Waals surface area contributed by atoms with Gasteiger partial charge in [-0.1, -0.05) is 54.6 Å². The van der Waals surface area contributed by atoms with Crippen LogP contribution in [-0.4, -0.2) is 31.5 Å². The number of rotatable bonds is 6. The van der Waals surface area contributed by atoms with Crippen molar-refractivity contribution in [1.29, 1.82) is 0 Å². The average molecular weight is 392 g/mol. The molecule has 138 valence electrons. The van der Waals surface area contributed by atoms with Gasteiger partial charge in [-0.3, -0.25) is 4.79 Å². The lowest BCUT2D eigenvalue weighted by Crippen LogP contribution is -2.56. The van der Waals surface area contributed by atoms with Gasteiger partial charge in [0.15, 0.2) is 4.34 Å². The lowest BCUT2D eigenvalue weighted by Gasteiger charge is -2.08. The summed E-state index contributed by atoms with van der Waals surface area (Å²) in [6.07, 6.45) is 0. The zero-order valence-electron chi connectivity index (χ0n) is 15.3. The Morgan fingerprint density at radius 1 is 1.35 bits per heavy atom. The van der Waals surface area contributed by atoms with Gasteiger partial charge in [0.05, 0.1) is 5.75 Å². The molecule has 3 aromatic rings. The highest BCUT2D eigenvalue weighted by atomic mass is 32.2. The zero-order valence-corrected chi connectivity index (χ0v) is 16.9. The Morgan fingerprint density at radius 2 is 2.12 bits per heavy atom. The SMILES string of the molecule is Cc1ccc(NC(=O)CSc2nn3c([C@@H]([NH3+])C(C)C)nnc3s2)c(C)c1. The summed E-state index contributed by atoms with van der Waals surface area (Å²) < 4.78 is 2.54. The van der Waals surface area contributed by atoms with Crippen molar-refractivity contribution in [1.82, 2.24) is 19.8 Å². The van der Waals surface area contributed by atoms with E-state index in [0.29, 0.717) is 11.7 Å². The van der Waals surface area contributed by atoms with Gasteiger partial charge in [-0.25, -0.2) is 0 Å². The van der Waals surface area contributed by atoms with Crippen LogP contribution in [0.1, 0.15) is 36.8 Å². The third-order valence-corrected chi connectivity index (χ3v) is 6.15. The van der Waals surface area contributed by atoms with Gasteiger partial charge in [0, 0.05) is 11.6 Å². The molecular formula is C17H23N6OS2+. The maximum absolute atomic E-state index is 12.2. The molecule has 4 N–H and O–H groups in total. The number of thioether (sulfide) groups is 1. The van der Waals surface area contributed by atoms with Crippen molar-refractivity contribution in [2.45, 2.75) is 38.1 Å². The van der Waals surface area contributed by atoms with Crippen LogP contribution in [0.4, 0.5) is 5.69 Å². The van der Waals surface area contributed by atoms with E-state index in [2.05, 4.69) is 46.3 Å². The van der Waals surface area contributed by atoms with Crippen molar-refractivity contribution in [3.05, 3.63) is 35.2 Å². The molecule has 1 amide bonds. The van der Waals surface area contributed by atoms with Crippen LogP contribution in [-0.2, 0) is 4.79 Å². The van der Waals surface area contributed by atoms with Gasteiger partial charge < -0.3 is 11.1 Å². The molecular weight excluding hydrogens is 368 g/mol. The number of carbonyl (C=O) groups excluding carboxylic acids is 1. The van der Waals surface area contributed by atoms with E-state index in [1.165, 1.54) is 28.7 Å². The maximum Gasteiger partial charge on any atom is 0.235 e. The first kappa shape index (κ1) is 18.8. The minimum atomic E-state index is -0.0506. The van der Waals surface area contributed by atoms with E-state index in [4.69, 9.17) is 0 Å². The lowest BCUT2D eigenvalue weighted by atomic mass is 10.1. The first-order valence-electron chi connectivity index (χ1n) is 8.40. The lowest BCUT2D eigenvalue weighted by molar-refractivity contribution is -0.440. The minimum Gasteiger partial charge on any atom is -0.348 e. The molecule has 1 atom stereocenters. The Bertz CT molecular complexity index is 933. The largest absolute Gasteiger partial charge is 0.348 e. The topological polar surface area (TPSA) is 99.8 Å². The van der Waals surface area contributed by atoms with Gasteiger partial charge in [0.2, 0.25) is 16.7 Å². The maximum atomic E-state index is 12.2. The van der Waals surface area contributed by atoms with E-state index in [-0.39, 0.29) is 11.9 Å². The molecule has 0 saturated heterocycles. The summed E-state index contributed by atoms with van der Waals surface area (Å²) in [7, 11) is 0. The normalized spacial score (nSPS) is 12.7. The predicted octanol–water partition coefficient (Wildman–Crippen LogP) is 2.47. The molecule has 7 nitrogen and oxygen atoms in total. The number of nitrogens with one attached hydrogen (secondary N) is 1. The van der Waals surface area contributed by atoms with E-state index in [1.54, 1.807) is 4.52 Å². The number of quaternary nitrogens is 1. The highest BCUT2D eigenvalue weighted by molar-refractivity contribution is 8.01. The molecule has 2 aromatic heterocycles. The van der Waals surface area contributed by atoms with E-state index >= 15 is 0 Å². The highest BCUT2D eigenvalue weighted by Crippen LogP contribution is 2.26. The van der Waals surface area contributed by atoms with Gasteiger partial charge in [-0.05, 0) is 25.5 Å². The molecule has 0 bridgehead atoms. The Balaban J connectivity index is 1.65. The van der Waals surface area contributed by atoms with Gasteiger partial charge in [-0.15, -0.1) is 15.3 Å². The van der Waals surface area contributed by atoms with Crippen molar-refractivity contribution in [3.63, 3.8) is 0 Å². The Morgan fingerprint density at radius 3 is 2.81 bits per heavy atom. The quantitative estimate of drug-likeness (QED) is 0.629. The van der Waals surface area contributed by atoms with Gasteiger partial charge >= 0.3 is 0 Å². The zero-order chi connectivity index (χ0) is 18.8. The summed E-state index contributed by atoms with van der Waals surface area (Å²) in [5.41, 5.74) is 7.22. The number of aryl methyl sites for hydroxylation is 2. The molecule has 26 heavy (non-hydrogen) atoms. The van der Waals surface area contributed by atoms with E-state index in [1.807, 2.05) is 26.0 Å². The molecule has 2 heterocycles. The number of anilines is 1. The Kier molecular flexibility index (Phi) is 5.59. The molecule has 0 fully saturated rings. The van der Waals surface area contributed by atoms with Crippen LogP contribution in [0.3, 0.4) is 0 Å². The van der Waals surface area contributed by atoms with Crippen molar-refractivity contribution in [3.8, 4) is 0 Å². The predicted molar refractivity (Wildman–Crippen MR) is 104 cm³/mol. The van der Waals surface area contributed by atoms with Crippen LogP contribution >= 0.6 is 23.1 Å². The highest BCUT2D eigenvalue weighted by Gasteiger charge is 2.23. The van der Waals surface area contributed by atoms with Crippen LogP contribution in [0.15, 0.2) is 22.5 Å². The van der Waals surface area contributed by atoms with Crippen LogP contribution < -0.4 is 11.1 Å². The van der Waals surface area contributed by atoms with Crippen LogP contribution in [0.2, 0.25) is 0 Å². The van der Waals surface area contributed by atoms with Crippen molar-refractivity contribution < 1.29 is 10.5 Å². The number of hydrogen-bond acceptors (Lipinski definition) is 6. The molecule has 0 aliphatic heterocycles. The van der Waals surface area contributed by atoms with Crippen molar-refractivity contribution >= 4 is 39.7 Å². The van der Waals surface area contributed by atoms with Crippen LogP contribution in [0, 0.1) is 19.8 Å². The first-order valence-corrected chi connectivity index (χ1v) is 10.2. The fraction of sp³-hybridized carbons (Fsp3) is 0.412. The molecule has 0 spiro atoms. The molecule has 3 rings (SSSR count). The molecule has 1 aromatic carbocycles. The van der Waals surface area contributed by atoms with E-state index in [9.17, 15) is 4.79 Å². The summed E-state index contributed by atoms with van der Waals surface area (Å²) in [5, 5.41) is 15.9. The van der Waals surface area contributed by atoms with Gasteiger partial charge in [0.25, 0.3) is 0 Å². The number of hydrogen-bond donors (Lipinski definition) is 2. The monoisotopic (exact) mass is 391 g/mol. The second-order valence-electron chi connectivity index (χ2n) is 6.63. The number of fused-ring (bicyclic) bond motifs is 1. The first-order chi connectivity index (χ1) is 12.3. The number of carbonyl (C=O) groups is 1. The van der Waals surface area contributed by atoms with Crippen LogP contribution in [0.5, 0.6) is 0 Å². The standard InChI is InChI=1S/C17H22N6OS2/c1-9(2)14(18)15-20-21-16-23(15)22-17(26-16)25-8-13(24)19-12-6-5-10(3)7-11(12)4/h5-7,9,14H,8,18H2,1-4H3,(H,19,24)/p+1/t14-/m0/s1. The number of aromatic nitrogens is 4. The molecule has 9 heteroatoms. The van der Waals surface area contributed by atoms with E-state index < -0.39 is 0 Å². The Labute approximate surface area is 160 Å². The van der Waals surface area contributed by atoms with Crippen molar-refractivity contribution in [2.24, 2.45) is 5.92 Å². The molecule has 0 aliphatic carbocycles. The summed E-state index contributed by atoms with van der Waals surface area (Å²) in [4.78, 5) is 13.0. The van der Waals surface area contributed by atoms with Crippen molar-refractivity contribution in [2.75, 3.05) is 11.1 Å².